The largest absolute Gasteiger partial charge is 0.473 e. The maximum absolute atomic E-state index is 10.7. The van der Waals surface area contributed by atoms with Gasteiger partial charge in [0, 0.05) is 47.3 Å². The van der Waals surface area contributed by atoms with Crippen LogP contribution in [-0.2, 0) is 18.1 Å². The lowest BCUT2D eigenvalue weighted by Gasteiger charge is -2.14. The van der Waals surface area contributed by atoms with Gasteiger partial charge in [-0.05, 0) is 6.92 Å². The molecule has 0 saturated carbocycles. The van der Waals surface area contributed by atoms with E-state index in [0.29, 0.717) is 0 Å². The molecule has 0 atom stereocenters. The van der Waals surface area contributed by atoms with Crippen LogP contribution in [0.25, 0.3) is 0 Å². The lowest BCUT2D eigenvalue weighted by Crippen LogP contribution is -2.21. The Kier molecular flexibility index (Phi) is 7.42. The van der Waals surface area contributed by atoms with Gasteiger partial charge >= 0.3 is 7.82 Å². The van der Waals surface area contributed by atoms with Gasteiger partial charge in [0.1, 0.15) is 0 Å². The highest BCUT2D eigenvalue weighted by Gasteiger charge is 2.18. The van der Waals surface area contributed by atoms with E-state index in [0.717, 1.165) is 13.2 Å². The van der Waals surface area contributed by atoms with Crippen molar-refractivity contribution in [3.05, 3.63) is 12.4 Å². The average molecular weight is 252 g/mol. The highest BCUT2D eigenvalue weighted by atomic mass is 31.2. The van der Waals surface area contributed by atoms with Crippen molar-refractivity contribution in [3.63, 3.8) is 0 Å². The molecule has 0 spiro atoms. The Labute approximate surface area is 97.4 Å². The predicted octanol–water partition coefficient (Wildman–Crippen LogP) is 1.72. The summed E-state index contributed by atoms with van der Waals surface area (Å²) in [7, 11) is 2.69. The fourth-order valence-electron chi connectivity index (χ4n) is 1.02. The van der Waals surface area contributed by atoms with E-state index in [1.807, 2.05) is 0 Å². The number of hydrogen-bond acceptors (Lipinski definition) is 6. The van der Waals surface area contributed by atoms with Gasteiger partial charge in [0.2, 0.25) is 0 Å². The van der Waals surface area contributed by atoms with Crippen molar-refractivity contribution < 1.29 is 18.1 Å². The van der Waals surface area contributed by atoms with Gasteiger partial charge in [-0.2, -0.15) is 0 Å². The van der Waals surface area contributed by atoms with E-state index in [9.17, 15) is 4.57 Å². The van der Waals surface area contributed by atoms with Crippen LogP contribution in [0.4, 0.5) is 0 Å². The van der Waals surface area contributed by atoms with Crippen LogP contribution in [0.3, 0.4) is 0 Å². The molecule has 0 aromatic carbocycles. The van der Waals surface area contributed by atoms with Crippen LogP contribution in [-0.4, -0.2) is 51.4 Å². The summed E-state index contributed by atoms with van der Waals surface area (Å²) in [5.74, 6) is 0. The van der Waals surface area contributed by atoms with E-state index in [2.05, 4.69) is 49.7 Å². The number of phosphoric acid groups is 1. The van der Waals surface area contributed by atoms with Crippen molar-refractivity contribution in [1.29, 1.82) is 0 Å². The van der Waals surface area contributed by atoms with Crippen LogP contribution in [0, 0.1) is 0 Å². The topological polar surface area (TPSA) is 51.2 Å². The quantitative estimate of drug-likeness (QED) is 0.710. The molecule has 1 rings (SSSR count). The number of rotatable bonds is 4. The highest BCUT2D eigenvalue weighted by Crippen LogP contribution is 2.46. The number of phosphoric ester groups is 1. The van der Waals surface area contributed by atoms with Crippen LogP contribution < -0.4 is 0 Å². The summed E-state index contributed by atoms with van der Waals surface area (Å²) in [6.07, 6.45) is 4.20. The summed E-state index contributed by atoms with van der Waals surface area (Å²) < 4.78 is 23.7. The molecule has 0 amide bonds. The van der Waals surface area contributed by atoms with Gasteiger partial charge in [-0.3, -0.25) is 13.6 Å². The van der Waals surface area contributed by atoms with Crippen molar-refractivity contribution in [3.8, 4) is 0 Å². The molecule has 0 unspecified atom stereocenters. The van der Waals surface area contributed by atoms with Gasteiger partial charge in [-0.1, -0.05) is 0 Å². The summed E-state index contributed by atoms with van der Waals surface area (Å²) >= 11 is 0. The van der Waals surface area contributed by atoms with Crippen LogP contribution in [0.5, 0.6) is 0 Å². The Morgan fingerprint density at radius 1 is 1.19 bits per heavy atom. The zero-order chi connectivity index (χ0) is 12.6. The molecule has 1 aliphatic heterocycles. The van der Waals surface area contributed by atoms with E-state index in [4.69, 9.17) is 0 Å². The maximum Gasteiger partial charge on any atom is 0.473 e. The van der Waals surface area contributed by atoms with Gasteiger partial charge in [0.25, 0.3) is 0 Å². The van der Waals surface area contributed by atoms with E-state index < -0.39 is 7.82 Å². The Hall–Kier alpha value is -0.550. The summed E-state index contributed by atoms with van der Waals surface area (Å²) in [6, 6.07) is 0. The number of hydrogen-bond donors (Lipinski definition) is 0. The van der Waals surface area contributed by atoms with Crippen LogP contribution in [0.2, 0.25) is 0 Å². The molecular weight excluding hydrogens is 231 g/mol. The predicted molar refractivity (Wildman–Crippen MR) is 62.8 cm³/mol. The van der Waals surface area contributed by atoms with Gasteiger partial charge in [0.15, 0.2) is 0 Å². The molecule has 0 saturated heterocycles. The molecule has 0 aliphatic carbocycles. The van der Waals surface area contributed by atoms with Gasteiger partial charge < -0.3 is 9.80 Å². The number of nitrogens with zero attached hydrogens (tertiary/aromatic N) is 2. The Morgan fingerprint density at radius 3 is 1.81 bits per heavy atom. The molecule has 1 heterocycles. The van der Waals surface area contributed by atoms with Crippen molar-refractivity contribution in [2.45, 2.75) is 6.92 Å². The third-order valence-corrected chi connectivity index (χ3v) is 3.36. The molecule has 6 nitrogen and oxygen atoms in total. The second-order valence-corrected chi connectivity index (χ2v) is 5.09. The first-order chi connectivity index (χ1) is 7.51. The molecular formula is C9H21N2O4P. The second kappa shape index (κ2) is 7.68. The molecule has 0 aromatic heterocycles. The Balaban J connectivity index is 0.000000281. The lowest BCUT2D eigenvalue weighted by molar-refractivity contribution is 0.178. The van der Waals surface area contributed by atoms with Crippen molar-refractivity contribution in [2.24, 2.45) is 0 Å². The van der Waals surface area contributed by atoms with Gasteiger partial charge in [0.05, 0.1) is 6.67 Å². The molecule has 0 fully saturated rings. The van der Waals surface area contributed by atoms with Crippen LogP contribution in [0.1, 0.15) is 6.92 Å². The molecule has 0 bridgehead atoms. The SMILES string of the molecule is CCN1C=CN(C)C1.COP(=O)(OC)OC. The first-order valence-corrected chi connectivity index (χ1v) is 6.37. The van der Waals surface area contributed by atoms with E-state index in [1.165, 1.54) is 21.3 Å². The summed E-state index contributed by atoms with van der Waals surface area (Å²) in [6.45, 7) is 4.32. The molecule has 1 aliphatic rings. The molecule has 0 N–H and O–H groups in total. The molecule has 0 radical (unpaired) electrons. The molecule has 7 heteroatoms. The average Bonchev–Trinajstić information content (AvgIpc) is 2.75. The van der Waals surface area contributed by atoms with E-state index in [1.54, 1.807) is 0 Å². The smallest absolute Gasteiger partial charge is 0.362 e. The lowest BCUT2D eigenvalue weighted by atomic mass is 10.6. The normalized spacial score (nSPS) is 15.1. The summed E-state index contributed by atoms with van der Waals surface area (Å²) in [5.41, 5.74) is 0. The molecule has 16 heavy (non-hydrogen) atoms. The fraction of sp³-hybridized carbons (Fsp3) is 0.778. The first-order valence-electron chi connectivity index (χ1n) is 4.91. The minimum Gasteiger partial charge on any atom is -0.362 e. The van der Waals surface area contributed by atoms with Crippen molar-refractivity contribution >= 4 is 7.82 Å². The third-order valence-electron chi connectivity index (χ3n) is 2.01. The van der Waals surface area contributed by atoms with Crippen LogP contribution >= 0.6 is 7.82 Å². The monoisotopic (exact) mass is 252 g/mol. The summed E-state index contributed by atoms with van der Waals surface area (Å²) in [4.78, 5) is 4.41. The minimum absolute atomic E-state index is 1.05. The van der Waals surface area contributed by atoms with Crippen LogP contribution in [0.15, 0.2) is 12.4 Å². The zero-order valence-corrected chi connectivity index (χ0v) is 11.4. The van der Waals surface area contributed by atoms with Gasteiger partial charge in [-0.25, -0.2) is 4.57 Å². The van der Waals surface area contributed by atoms with E-state index in [-0.39, 0.29) is 0 Å². The maximum atomic E-state index is 10.7. The van der Waals surface area contributed by atoms with Gasteiger partial charge in [-0.15, -0.1) is 0 Å². The minimum atomic E-state index is -3.16. The standard InChI is InChI=1S/C6H12N2.C3H9O4P/c1-3-8-5-4-7(2)6-8;1-5-8(4,6-2)7-3/h4-5H,3,6H2,1-2H3;1-3H3. The van der Waals surface area contributed by atoms with Crippen molar-refractivity contribution in [2.75, 3.05) is 41.6 Å². The summed E-state index contributed by atoms with van der Waals surface area (Å²) in [5, 5.41) is 0. The zero-order valence-electron chi connectivity index (χ0n) is 10.5. The van der Waals surface area contributed by atoms with Crippen molar-refractivity contribution in [1.82, 2.24) is 9.80 Å². The van der Waals surface area contributed by atoms with E-state index >= 15 is 0 Å². The second-order valence-electron chi connectivity index (χ2n) is 3.10. The Morgan fingerprint density at radius 2 is 1.69 bits per heavy atom. The highest BCUT2D eigenvalue weighted by molar-refractivity contribution is 7.48. The fourth-order valence-corrected chi connectivity index (χ4v) is 1.47. The molecule has 96 valence electrons. The first kappa shape index (κ1) is 15.4. The Bertz CT molecular complexity index is 241. The molecule has 0 aromatic rings. The third kappa shape index (κ3) is 5.51.